The van der Waals surface area contributed by atoms with Crippen LogP contribution in [0.25, 0.3) is 0 Å². The van der Waals surface area contributed by atoms with E-state index in [1.807, 2.05) is 0 Å². The number of rotatable bonds is 5. The summed E-state index contributed by atoms with van der Waals surface area (Å²) in [5.74, 6) is 0.403. The van der Waals surface area contributed by atoms with E-state index in [4.69, 9.17) is 0 Å². The van der Waals surface area contributed by atoms with Gasteiger partial charge >= 0.3 is 0 Å². The second-order valence-corrected chi connectivity index (χ2v) is 5.63. The summed E-state index contributed by atoms with van der Waals surface area (Å²) in [6.07, 6.45) is 4.27. The number of carbonyl (C=O) groups excluding carboxylic acids is 1. The highest BCUT2D eigenvalue weighted by Crippen LogP contribution is 2.26. The fourth-order valence-electron chi connectivity index (χ4n) is 3.00. The third kappa shape index (κ3) is 1.92. The van der Waals surface area contributed by atoms with Crippen molar-refractivity contribution in [3.05, 3.63) is 6.42 Å². The highest BCUT2D eigenvalue weighted by atomic mass is 16.1. The van der Waals surface area contributed by atoms with Crippen LogP contribution in [-0.4, -0.2) is 66.4 Å². The summed E-state index contributed by atoms with van der Waals surface area (Å²) in [4.78, 5) is 17.0. The molecule has 95 valence electrons. The molecule has 1 radical (unpaired) electrons. The Hall–Kier alpha value is -0.450. The normalized spacial score (nSPS) is 34.9. The van der Waals surface area contributed by atoms with E-state index in [0.717, 1.165) is 45.6 Å². The van der Waals surface area contributed by atoms with Gasteiger partial charge in [-0.1, -0.05) is 6.92 Å². The topological polar surface area (TPSA) is 35.6 Å². The van der Waals surface area contributed by atoms with E-state index in [9.17, 15) is 4.79 Å². The van der Waals surface area contributed by atoms with Crippen LogP contribution < -0.4 is 5.32 Å². The number of nitrogens with zero attached hydrogens (tertiary/aromatic N) is 2. The van der Waals surface area contributed by atoms with Gasteiger partial charge in [0.2, 0.25) is 0 Å². The number of ketones is 1. The Kier molecular flexibility index (Phi) is 2.97. The first-order chi connectivity index (χ1) is 8.23. The third-order valence-corrected chi connectivity index (χ3v) is 4.70. The molecule has 0 aliphatic carbocycles. The summed E-state index contributed by atoms with van der Waals surface area (Å²) >= 11 is 0. The molecular formula is C13H22N3O. The van der Waals surface area contributed by atoms with Gasteiger partial charge in [0.05, 0.1) is 12.1 Å². The average Bonchev–Trinajstić information content (AvgIpc) is 2.10. The maximum absolute atomic E-state index is 12.2. The van der Waals surface area contributed by atoms with Crippen LogP contribution in [0.15, 0.2) is 0 Å². The Morgan fingerprint density at radius 2 is 2.18 bits per heavy atom. The summed E-state index contributed by atoms with van der Waals surface area (Å²) in [7, 11) is 0. The summed E-state index contributed by atoms with van der Waals surface area (Å²) < 4.78 is 0. The lowest BCUT2D eigenvalue weighted by atomic mass is 9.80. The molecule has 1 unspecified atom stereocenters. The molecule has 0 aromatic heterocycles. The van der Waals surface area contributed by atoms with Crippen molar-refractivity contribution in [1.29, 1.82) is 0 Å². The minimum atomic E-state index is -0.171. The van der Waals surface area contributed by atoms with Gasteiger partial charge in [-0.05, 0) is 25.8 Å². The van der Waals surface area contributed by atoms with Crippen molar-refractivity contribution in [3.8, 4) is 0 Å². The molecule has 1 N–H and O–H groups in total. The van der Waals surface area contributed by atoms with Crippen LogP contribution in [-0.2, 0) is 4.79 Å². The number of hydrogen-bond donors (Lipinski definition) is 1. The van der Waals surface area contributed by atoms with Crippen molar-refractivity contribution in [2.24, 2.45) is 0 Å². The van der Waals surface area contributed by atoms with E-state index < -0.39 is 0 Å². The fourth-order valence-corrected chi connectivity index (χ4v) is 3.00. The molecule has 4 nitrogen and oxygen atoms in total. The highest BCUT2D eigenvalue weighted by molar-refractivity contribution is 5.91. The molecule has 3 saturated heterocycles. The molecule has 3 heterocycles. The van der Waals surface area contributed by atoms with Gasteiger partial charge in [0.25, 0.3) is 0 Å². The van der Waals surface area contributed by atoms with Crippen molar-refractivity contribution >= 4 is 5.78 Å². The molecule has 3 aliphatic heterocycles. The van der Waals surface area contributed by atoms with E-state index in [-0.39, 0.29) is 5.54 Å². The zero-order valence-electron chi connectivity index (χ0n) is 10.6. The summed E-state index contributed by atoms with van der Waals surface area (Å²) in [6, 6.07) is 0.708. The molecule has 3 rings (SSSR count). The Labute approximate surface area is 103 Å². The maximum Gasteiger partial charge on any atom is 0.166 e. The fraction of sp³-hybridized carbons (Fsp3) is 0.846. The van der Waals surface area contributed by atoms with Crippen LogP contribution in [0.4, 0.5) is 0 Å². The number of nitrogens with one attached hydrogen (secondary N) is 1. The molecule has 0 saturated carbocycles. The molecule has 0 aromatic rings. The number of hydrogen-bond acceptors (Lipinski definition) is 4. The predicted octanol–water partition coefficient (Wildman–Crippen LogP) is -0.0983. The van der Waals surface area contributed by atoms with E-state index in [2.05, 4.69) is 28.5 Å². The van der Waals surface area contributed by atoms with E-state index in [1.165, 1.54) is 0 Å². The van der Waals surface area contributed by atoms with Crippen LogP contribution in [0, 0.1) is 6.42 Å². The Balaban J connectivity index is 1.44. The van der Waals surface area contributed by atoms with Gasteiger partial charge in [-0.3, -0.25) is 14.6 Å². The number of likely N-dealkylation sites (tertiary alicyclic amines) is 2. The first-order valence-corrected chi connectivity index (χ1v) is 6.80. The quantitative estimate of drug-likeness (QED) is 0.723. The first kappa shape index (κ1) is 11.6. The van der Waals surface area contributed by atoms with E-state index in [1.54, 1.807) is 0 Å². The van der Waals surface area contributed by atoms with Gasteiger partial charge in [-0.2, -0.15) is 0 Å². The molecule has 4 heteroatoms. The van der Waals surface area contributed by atoms with Crippen LogP contribution in [0.5, 0.6) is 0 Å². The van der Waals surface area contributed by atoms with Gasteiger partial charge in [0.1, 0.15) is 0 Å². The lowest BCUT2D eigenvalue weighted by molar-refractivity contribution is -0.131. The summed E-state index contributed by atoms with van der Waals surface area (Å²) in [5.41, 5.74) is -0.171. The zero-order chi connectivity index (χ0) is 11.9. The van der Waals surface area contributed by atoms with Gasteiger partial charge in [0, 0.05) is 32.2 Å². The number of Topliss-reactive ketones (excluding diaryl/α,β-unsaturated/α-hetero) is 1. The molecule has 0 amide bonds. The molecule has 0 spiro atoms. The highest BCUT2D eigenvalue weighted by Gasteiger charge is 2.44. The molecular weight excluding hydrogens is 214 g/mol. The van der Waals surface area contributed by atoms with Crippen molar-refractivity contribution in [2.45, 2.75) is 31.3 Å². The van der Waals surface area contributed by atoms with Gasteiger partial charge in [0.15, 0.2) is 5.78 Å². The molecule has 0 bridgehead atoms. The monoisotopic (exact) mass is 236 g/mol. The molecule has 0 aromatic carbocycles. The molecule has 1 atom stereocenters. The minimum Gasteiger partial charge on any atom is -0.305 e. The zero-order valence-corrected chi connectivity index (χ0v) is 10.6. The average molecular weight is 236 g/mol. The summed E-state index contributed by atoms with van der Waals surface area (Å²) in [6.45, 7) is 8.22. The molecule has 3 fully saturated rings. The van der Waals surface area contributed by atoms with Crippen LogP contribution in [0.3, 0.4) is 0 Å². The minimum absolute atomic E-state index is 0.171. The lowest BCUT2D eigenvalue weighted by Crippen LogP contribution is -2.68. The van der Waals surface area contributed by atoms with E-state index in [0.29, 0.717) is 18.4 Å². The Morgan fingerprint density at radius 1 is 1.47 bits per heavy atom. The largest absolute Gasteiger partial charge is 0.305 e. The Bertz CT molecular complexity index is 298. The van der Waals surface area contributed by atoms with Crippen molar-refractivity contribution < 1.29 is 4.79 Å². The van der Waals surface area contributed by atoms with Crippen LogP contribution >= 0.6 is 0 Å². The lowest BCUT2D eigenvalue weighted by Gasteiger charge is -2.50. The van der Waals surface area contributed by atoms with Gasteiger partial charge < -0.3 is 5.32 Å². The van der Waals surface area contributed by atoms with Crippen molar-refractivity contribution in [1.82, 2.24) is 15.1 Å². The van der Waals surface area contributed by atoms with Crippen LogP contribution in [0.2, 0.25) is 0 Å². The second kappa shape index (κ2) is 4.34. The first-order valence-electron chi connectivity index (χ1n) is 6.80. The molecule has 3 aliphatic rings. The van der Waals surface area contributed by atoms with E-state index >= 15 is 0 Å². The van der Waals surface area contributed by atoms with Gasteiger partial charge in [-0.15, -0.1) is 0 Å². The predicted molar refractivity (Wildman–Crippen MR) is 66.7 cm³/mol. The van der Waals surface area contributed by atoms with Gasteiger partial charge in [-0.25, -0.2) is 0 Å². The second-order valence-electron chi connectivity index (χ2n) is 5.63. The smallest absolute Gasteiger partial charge is 0.166 e. The Morgan fingerprint density at radius 3 is 2.59 bits per heavy atom. The third-order valence-electron chi connectivity index (χ3n) is 4.70. The van der Waals surface area contributed by atoms with Crippen molar-refractivity contribution in [3.63, 3.8) is 0 Å². The maximum atomic E-state index is 12.2. The summed E-state index contributed by atoms with van der Waals surface area (Å²) in [5, 5.41) is 3.33. The molecule has 17 heavy (non-hydrogen) atoms. The SMILES string of the molecule is CCC1(C(=O)CN2CC(N3C[CH]C3)C2)CCN1. The standard InChI is InChI=1S/C13H22N3O/c1-2-13(4-5-14-13)12(17)10-15-8-11(9-15)16-6-3-7-16/h3,11,14H,2,4-10H2,1H3. The van der Waals surface area contributed by atoms with Crippen molar-refractivity contribution in [2.75, 3.05) is 39.3 Å². The van der Waals surface area contributed by atoms with Crippen LogP contribution in [0.1, 0.15) is 19.8 Å². The number of carbonyl (C=O) groups is 1.